The zero-order valence-electron chi connectivity index (χ0n) is 11.0. The Hall–Kier alpha value is -1.43. The number of hydrogen-bond donors (Lipinski definition) is 1. The highest BCUT2D eigenvalue weighted by Gasteiger charge is 2.51. The van der Waals surface area contributed by atoms with Crippen molar-refractivity contribution in [2.75, 3.05) is 19.6 Å². The van der Waals surface area contributed by atoms with Crippen molar-refractivity contribution >= 4 is 18.7 Å². The molecule has 1 spiro atoms. The maximum absolute atomic E-state index is 11.9. The zero-order valence-corrected chi connectivity index (χ0v) is 11.0. The van der Waals surface area contributed by atoms with Crippen LogP contribution in [0.1, 0.15) is 26.7 Å². The van der Waals surface area contributed by atoms with Crippen molar-refractivity contribution < 1.29 is 4.79 Å². The third-order valence-corrected chi connectivity index (χ3v) is 4.02. The Bertz CT molecular complexity index is 379. The molecule has 0 radical (unpaired) electrons. The summed E-state index contributed by atoms with van der Waals surface area (Å²) in [7, 11) is 0. The minimum atomic E-state index is -0.197. The van der Waals surface area contributed by atoms with Crippen molar-refractivity contribution in [2.24, 2.45) is 15.7 Å². The lowest BCUT2D eigenvalue weighted by Crippen LogP contribution is -2.62. The van der Waals surface area contributed by atoms with Crippen LogP contribution in [-0.2, 0) is 0 Å². The Balaban J connectivity index is 1.98. The second-order valence-corrected chi connectivity index (χ2v) is 5.27. The largest absolute Gasteiger partial charge is 0.390 e. The highest BCUT2D eigenvalue weighted by Crippen LogP contribution is 2.40. The summed E-state index contributed by atoms with van der Waals surface area (Å²) in [5.41, 5.74) is 5.11. The average Bonchev–Trinajstić information content (AvgIpc) is 2.75. The number of nitrogens with zero attached hydrogens (tertiary/aromatic N) is 4. The van der Waals surface area contributed by atoms with Gasteiger partial charge in [0.05, 0.1) is 11.9 Å². The van der Waals surface area contributed by atoms with Crippen molar-refractivity contribution in [3.05, 3.63) is 0 Å². The third kappa shape index (κ3) is 2.25. The van der Waals surface area contributed by atoms with Crippen LogP contribution in [0.25, 0.3) is 0 Å². The lowest BCUT2D eigenvalue weighted by Gasteiger charge is -2.49. The Morgan fingerprint density at radius 2 is 2.11 bits per heavy atom. The van der Waals surface area contributed by atoms with Gasteiger partial charge in [0, 0.05) is 25.7 Å². The van der Waals surface area contributed by atoms with E-state index in [0.717, 1.165) is 38.8 Å². The number of amides is 2. The molecule has 6 heteroatoms. The summed E-state index contributed by atoms with van der Waals surface area (Å²) < 4.78 is 0. The topological polar surface area (TPSA) is 74.3 Å². The fourth-order valence-electron chi connectivity index (χ4n) is 2.78. The summed E-state index contributed by atoms with van der Waals surface area (Å²) in [5, 5.41) is 0. The Kier molecular flexibility index (Phi) is 3.65. The molecule has 0 saturated carbocycles. The van der Waals surface area contributed by atoms with Crippen LogP contribution in [0.15, 0.2) is 9.98 Å². The van der Waals surface area contributed by atoms with Gasteiger partial charge in [-0.2, -0.15) is 4.99 Å². The number of aliphatic imine (C=N–C) groups is 2. The minimum absolute atomic E-state index is 0.0190. The van der Waals surface area contributed by atoms with E-state index in [1.165, 1.54) is 6.34 Å². The third-order valence-electron chi connectivity index (χ3n) is 4.02. The van der Waals surface area contributed by atoms with Crippen LogP contribution in [0, 0.1) is 0 Å². The van der Waals surface area contributed by atoms with Gasteiger partial charge in [-0.25, -0.2) is 9.79 Å². The summed E-state index contributed by atoms with van der Waals surface area (Å²) in [6.07, 6.45) is 4.46. The van der Waals surface area contributed by atoms with Crippen molar-refractivity contribution in [1.29, 1.82) is 0 Å². The first-order chi connectivity index (χ1) is 8.59. The molecule has 0 aromatic carbocycles. The van der Waals surface area contributed by atoms with Crippen LogP contribution in [0.2, 0.25) is 0 Å². The van der Waals surface area contributed by atoms with E-state index < -0.39 is 0 Å². The van der Waals surface area contributed by atoms with E-state index in [0.29, 0.717) is 6.04 Å². The van der Waals surface area contributed by atoms with E-state index in [1.54, 1.807) is 0 Å². The smallest absolute Gasteiger partial charge is 0.345 e. The maximum atomic E-state index is 11.9. The molecule has 1 unspecified atom stereocenters. The molecule has 6 nitrogen and oxygen atoms in total. The van der Waals surface area contributed by atoms with Crippen LogP contribution in [0.3, 0.4) is 0 Å². The number of carbonyl (C=O) groups excluding carboxylic acids is 1. The fraction of sp³-hybridized carbons (Fsp3) is 0.750. The van der Waals surface area contributed by atoms with Gasteiger partial charge in [0.1, 0.15) is 6.34 Å². The van der Waals surface area contributed by atoms with E-state index in [-0.39, 0.29) is 11.6 Å². The van der Waals surface area contributed by atoms with Gasteiger partial charge in [0.25, 0.3) is 0 Å². The molecule has 2 rings (SSSR count). The highest BCUT2D eigenvalue weighted by atomic mass is 16.2. The predicted octanol–water partition coefficient (Wildman–Crippen LogP) is 0.680. The van der Waals surface area contributed by atoms with Crippen molar-refractivity contribution in [3.63, 3.8) is 0 Å². The molecule has 2 aliphatic rings. The second-order valence-electron chi connectivity index (χ2n) is 5.27. The molecule has 2 heterocycles. The van der Waals surface area contributed by atoms with E-state index in [1.807, 2.05) is 4.90 Å². The second kappa shape index (κ2) is 5.06. The summed E-state index contributed by atoms with van der Waals surface area (Å²) in [6, 6.07) is 0.338. The van der Waals surface area contributed by atoms with E-state index in [9.17, 15) is 4.79 Å². The minimum Gasteiger partial charge on any atom is -0.390 e. The molecule has 2 amide bonds. The van der Waals surface area contributed by atoms with Crippen molar-refractivity contribution in [1.82, 2.24) is 9.80 Å². The van der Waals surface area contributed by atoms with E-state index >= 15 is 0 Å². The molecule has 2 fully saturated rings. The van der Waals surface area contributed by atoms with Crippen LogP contribution in [0.4, 0.5) is 4.79 Å². The average molecular weight is 251 g/mol. The van der Waals surface area contributed by atoms with Gasteiger partial charge in [-0.3, -0.25) is 4.90 Å². The molecule has 0 aromatic heterocycles. The molecule has 2 saturated heterocycles. The highest BCUT2D eigenvalue weighted by molar-refractivity contribution is 5.86. The Morgan fingerprint density at radius 3 is 2.61 bits per heavy atom. The van der Waals surface area contributed by atoms with Gasteiger partial charge >= 0.3 is 6.03 Å². The van der Waals surface area contributed by atoms with Crippen LogP contribution < -0.4 is 5.73 Å². The lowest BCUT2D eigenvalue weighted by atomic mass is 9.84. The molecular weight excluding hydrogens is 230 g/mol. The normalized spacial score (nSPS) is 28.9. The fourth-order valence-corrected chi connectivity index (χ4v) is 2.78. The first-order valence-electron chi connectivity index (χ1n) is 6.41. The molecule has 0 bridgehead atoms. The molecule has 1 atom stereocenters. The van der Waals surface area contributed by atoms with Gasteiger partial charge in [-0.15, -0.1) is 0 Å². The number of nitrogens with two attached hydrogens (primary N) is 1. The molecule has 2 N–H and O–H groups in total. The quantitative estimate of drug-likeness (QED) is 0.579. The molecule has 2 aliphatic heterocycles. The van der Waals surface area contributed by atoms with Crippen LogP contribution >= 0.6 is 0 Å². The molecule has 18 heavy (non-hydrogen) atoms. The summed E-state index contributed by atoms with van der Waals surface area (Å²) in [5.74, 6) is 0. The number of urea groups is 1. The molecule has 0 aliphatic carbocycles. The predicted molar refractivity (Wildman–Crippen MR) is 71.9 cm³/mol. The van der Waals surface area contributed by atoms with Crippen molar-refractivity contribution in [2.45, 2.75) is 38.3 Å². The SMILES string of the molecule is CC(C)N1CCC2(CCN2C(=O)/N=C/N=CN)C1. The van der Waals surface area contributed by atoms with Crippen molar-refractivity contribution in [3.8, 4) is 0 Å². The van der Waals surface area contributed by atoms with Gasteiger partial charge in [-0.1, -0.05) is 0 Å². The first kappa shape index (κ1) is 13.0. The summed E-state index contributed by atoms with van der Waals surface area (Å²) in [4.78, 5) is 23.6. The number of carbonyl (C=O) groups is 1. The van der Waals surface area contributed by atoms with Gasteiger partial charge in [0.2, 0.25) is 0 Å². The standard InChI is InChI=1S/C12H21N5O/c1-10(2)16-5-3-12(7-16)4-6-17(12)11(18)15-9-14-8-13/h8-10H,3-7H2,1-2H3,(H2,13,14,15,18). The van der Waals surface area contributed by atoms with E-state index in [4.69, 9.17) is 5.73 Å². The number of likely N-dealkylation sites (tertiary alicyclic amines) is 2. The molecule has 0 aromatic rings. The summed E-state index contributed by atoms with van der Waals surface area (Å²) in [6.45, 7) is 7.21. The zero-order chi connectivity index (χ0) is 13.2. The maximum Gasteiger partial charge on any atom is 0.345 e. The van der Waals surface area contributed by atoms with E-state index in [2.05, 4.69) is 28.7 Å². The van der Waals surface area contributed by atoms with Gasteiger partial charge in [0.15, 0.2) is 0 Å². The Morgan fingerprint density at radius 1 is 1.39 bits per heavy atom. The monoisotopic (exact) mass is 251 g/mol. The van der Waals surface area contributed by atoms with Gasteiger partial charge < -0.3 is 10.6 Å². The van der Waals surface area contributed by atoms with Crippen LogP contribution in [-0.4, -0.2) is 59.7 Å². The number of rotatable bonds is 2. The van der Waals surface area contributed by atoms with Crippen LogP contribution in [0.5, 0.6) is 0 Å². The first-order valence-corrected chi connectivity index (χ1v) is 6.41. The van der Waals surface area contributed by atoms with Gasteiger partial charge in [-0.05, 0) is 26.7 Å². The molecular formula is C12H21N5O. The Labute approximate surface area is 108 Å². The molecule has 100 valence electrons. The summed E-state index contributed by atoms with van der Waals surface area (Å²) >= 11 is 0. The lowest BCUT2D eigenvalue weighted by molar-refractivity contribution is 0.0328. The number of hydrogen-bond acceptors (Lipinski definition) is 2.